The van der Waals surface area contributed by atoms with E-state index in [-0.39, 0.29) is 0 Å². The first-order chi connectivity index (χ1) is 9.15. The smallest absolute Gasteiger partial charge is 0.314 e. The first-order valence-electron chi connectivity index (χ1n) is 5.63. The molecule has 2 aromatic heterocycles. The highest BCUT2D eigenvalue weighted by Crippen LogP contribution is 2.23. The standard InChI is InChI=1S/C13H10N2O4/c16-11(10-2-1-5-19-10)7-3-4-8-9(6-7)15-13(18)12(17)14-8/h1-6,11,16H,(H,14,17)(H,15,18). The predicted octanol–water partition coefficient (Wildman–Crippen LogP) is 0.891. The second kappa shape index (κ2) is 4.25. The van der Waals surface area contributed by atoms with Crippen molar-refractivity contribution in [1.29, 1.82) is 0 Å². The highest BCUT2D eigenvalue weighted by atomic mass is 16.4. The second-order valence-electron chi connectivity index (χ2n) is 4.13. The monoisotopic (exact) mass is 258 g/mol. The lowest BCUT2D eigenvalue weighted by atomic mass is 10.1. The van der Waals surface area contributed by atoms with E-state index in [2.05, 4.69) is 9.97 Å². The number of benzene rings is 1. The zero-order chi connectivity index (χ0) is 13.4. The SMILES string of the molecule is O=c1[nH]c2ccc(C(O)c3ccco3)cc2[nH]c1=O. The van der Waals surface area contributed by atoms with E-state index in [1.807, 2.05) is 0 Å². The highest BCUT2D eigenvalue weighted by Gasteiger charge is 2.13. The number of furan rings is 1. The van der Waals surface area contributed by atoms with Crippen molar-refractivity contribution in [3.63, 3.8) is 0 Å². The second-order valence-corrected chi connectivity index (χ2v) is 4.13. The van der Waals surface area contributed by atoms with Crippen LogP contribution in [0.2, 0.25) is 0 Å². The third-order valence-electron chi connectivity index (χ3n) is 2.87. The summed E-state index contributed by atoms with van der Waals surface area (Å²) in [5, 5.41) is 10.1. The Morgan fingerprint density at radius 3 is 2.47 bits per heavy atom. The molecule has 0 saturated carbocycles. The van der Waals surface area contributed by atoms with Gasteiger partial charge in [-0.3, -0.25) is 9.59 Å². The van der Waals surface area contributed by atoms with Crippen LogP contribution in [0.5, 0.6) is 0 Å². The van der Waals surface area contributed by atoms with Crippen LogP contribution in [-0.2, 0) is 0 Å². The largest absolute Gasteiger partial charge is 0.466 e. The van der Waals surface area contributed by atoms with Crippen molar-refractivity contribution in [2.75, 3.05) is 0 Å². The van der Waals surface area contributed by atoms with Gasteiger partial charge in [-0.25, -0.2) is 0 Å². The minimum absolute atomic E-state index is 0.408. The maximum atomic E-state index is 11.3. The van der Waals surface area contributed by atoms with E-state index in [9.17, 15) is 14.7 Å². The molecule has 0 spiro atoms. The third-order valence-corrected chi connectivity index (χ3v) is 2.87. The van der Waals surface area contributed by atoms with Gasteiger partial charge in [0.15, 0.2) is 0 Å². The molecule has 19 heavy (non-hydrogen) atoms. The molecular formula is C13H10N2O4. The Balaban J connectivity index is 2.14. The molecule has 6 heteroatoms. The molecule has 0 saturated heterocycles. The van der Waals surface area contributed by atoms with Crippen molar-refractivity contribution in [2.24, 2.45) is 0 Å². The fourth-order valence-electron chi connectivity index (χ4n) is 1.91. The van der Waals surface area contributed by atoms with Gasteiger partial charge in [0.25, 0.3) is 0 Å². The van der Waals surface area contributed by atoms with Gasteiger partial charge in [-0.05, 0) is 29.8 Å². The summed E-state index contributed by atoms with van der Waals surface area (Å²) in [5.41, 5.74) is 0.0850. The summed E-state index contributed by atoms with van der Waals surface area (Å²) in [7, 11) is 0. The number of aliphatic hydroxyl groups excluding tert-OH is 1. The molecule has 0 bridgehead atoms. The lowest BCUT2D eigenvalue weighted by molar-refractivity contribution is 0.189. The first-order valence-corrected chi connectivity index (χ1v) is 5.63. The topological polar surface area (TPSA) is 99.1 Å². The van der Waals surface area contributed by atoms with Crippen LogP contribution in [0.4, 0.5) is 0 Å². The zero-order valence-corrected chi connectivity index (χ0v) is 9.71. The summed E-state index contributed by atoms with van der Waals surface area (Å²) >= 11 is 0. The number of H-pyrrole nitrogens is 2. The van der Waals surface area contributed by atoms with Crippen LogP contribution in [-0.4, -0.2) is 15.1 Å². The minimum Gasteiger partial charge on any atom is -0.466 e. The molecular weight excluding hydrogens is 248 g/mol. The van der Waals surface area contributed by atoms with Crippen LogP contribution in [0, 0.1) is 0 Å². The Morgan fingerprint density at radius 2 is 1.79 bits per heavy atom. The van der Waals surface area contributed by atoms with E-state index in [0.717, 1.165) is 0 Å². The molecule has 2 heterocycles. The molecule has 1 unspecified atom stereocenters. The average Bonchev–Trinajstić information content (AvgIpc) is 2.93. The summed E-state index contributed by atoms with van der Waals surface area (Å²) in [6.45, 7) is 0. The zero-order valence-electron chi connectivity index (χ0n) is 9.71. The Hall–Kier alpha value is -2.60. The molecule has 3 N–H and O–H groups in total. The molecule has 0 aliphatic carbocycles. The Labute approximate surface area is 106 Å². The van der Waals surface area contributed by atoms with Crippen molar-refractivity contribution >= 4 is 11.0 Å². The molecule has 0 aliphatic heterocycles. The number of hydrogen-bond donors (Lipinski definition) is 3. The maximum Gasteiger partial charge on any atom is 0.314 e. The summed E-state index contributed by atoms with van der Waals surface area (Å²) < 4.78 is 5.12. The van der Waals surface area contributed by atoms with Crippen LogP contribution in [0.1, 0.15) is 17.4 Å². The molecule has 3 rings (SSSR count). The number of aromatic amines is 2. The van der Waals surface area contributed by atoms with Crippen LogP contribution >= 0.6 is 0 Å². The number of aliphatic hydroxyl groups is 1. The summed E-state index contributed by atoms with van der Waals surface area (Å²) in [6.07, 6.45) is 0.550. The number of hydrogen-bond acceptors (Lipinski definition) is 4. The third kappa shape index (κ3) is 1.98. The van der Waals surface area contributed by atoms with E-state index in [1.165, 1.54) is 6.26 Å². The summed E-state index contributed by atoms with van der Waals surface area (Å²) in [5.74, 6) is 0.408. The Bertz CT molecular complexity index is 830. The van der Waals surface area contributed by atoms with Gasteiger partial charge in [-0.1, -0.05) is 6.07 Å². The van der Waals surface area contributed by atoms with E-state index in [1.54, 1.807) is 30.3 Å². The van der Waals surface area contributed by atoms with Gasteiger partial charge < -0.3 is 19.5 Å². The molecule has 1 aromatic carbocycles. The van der Waals surface area contributed by atoms with Crippen LogP contribution in [0.15, 0.2) is 50.6 Å². The molecule has 1 atom stereocenters. The van der Waals surface area contributed by atoms with Gasteiger partial charge in [0.2, 0.25) is 0 Å². The van der Waals surface area contributed by atoms with Crippen molar-refractivity contribution in [1.82, 2.24) is 9.97 Å². The van der Waals surface area contributed by atoms with Crippen molar-refractivity contribution in [2.45, 2.75) is 6.10 Å². The van der Waals surface area contributed by atoms with E-state index < -0.39 is 17.2 Å². The molecule has 96 valence electrons. The number of aromatic nitrogens is 2. The van der Waals surface area contributed by atoms with Crippen molar-refractivity contribution in [3.05, 3.63) is 68.6 Å². The number of rotatable bonds is 2. The van der Waals surface area contributed by atoms with Gasteiger partial charge in [0.1, 0.15) is 11.9 Å². The molecule has 0 radical (unpaired) electrons. The molecule has 3 aromatic rings. The van der Waals surface area contributed by atoms with Gasteiger partial charge in [-0.15, -0.1) is 0 Å². The predicted molar refractivity (Wildman–Crippen MR) is 68.0 cm³/mol. The van der Waals surface area contributed by atoms with Crippen molar-refractivity contribution in [3.8, 4) is 0 Å². The normalized spacial score (nSPS) is 12.7. The maximum absolute atomic E-state index is 11.3. The number of fused-ring (bicyclic) bond motifs is 1. The molecule has 0 aliphatic rings. The van der Waals surface area contributed by atoms with Gasteiger partial charge in [-0.2, -0.15) is 0 Å². The summed E-state index contributed by atoms with van der Waals surface area (Å²) in [4.78, 5) is 27.3. The van der Waals surface area contributed by atoms with E-state index >= 15 is 0 Å². The van der Waals surface area contributed by atoms with E-state index in [0.29, 0.717) is 22.4 Å². The van der Waals surface area contributed by atoms with Crippen molar-refractivity contribution < 1.29 is 9.52 Å². The lowest BCUT2D eigenvalue weighted by Gasteiger charge is -2.08. The highest BCUT2D eigenvalue weighted by molar-refractivity contribution is 5.74. The van der Waals surface area contributed by atoms with Gasteiger partial charge in [0, 0.05) is 0 Å². The fraction of sp³-hybridized carbons (Fsp3) is 0.0769. The quantitative estimate of drug-likeness (QED) is 0.594. The molecule has 6 nitrogen and oxygen atoms in total. The Kier molecular flexibility index (Phi) is 2.57. The van der Waals surface area contributed by atoms with E-state index in [4.69, 9.17) is 4.42 Å². The summed E-state index contributed by atoms with van der Waals surface area (Å²) in [6, 6.07) is 8.21. The first kappa shape index (κ1) is 11.5. The Morgan fingerprint density at radius 1 is 1.05 bits per heavy atom. The van der Waals surface area contributed by atoms with Gasteiger partial charge >= 0.3 is 11.1 Å². The molecule has 0 fully saturated rings. The lowest BCUT2D eigenvalue weighted by Crippen LogP contribution is -2.28. The fourth-order valence-corrected chi connectivity index (χ4v) is 1.91. The van der Waals surface area contributed by atoms with Gasteiger partial charge in [0.05, 0.1) is 17.3 Å². The van der Waals surface area contributed by atoms with Crippen LogP contribution < -0.4 is 11.1 Å². The van der Waals surface area contributed by atoms with Crippen LogP contribution in [0.3, 0.4) is 0 Å². The molecule has 0 amide bonds. The number of nitrogens with one attached hydrogen (secondary N) is 2. The average molecular weight is 258 g/mol. The minimum atomic E-state index is -0.921. The van der Waals surface area contributed by atoms with Crippen LogP contribution in [0.25, 0.3) is 11.0 Å².